The van der Waals surface area contributed by atoms with Crippen molar-refractivity contribution >= 4 is 5.91 Å². The lowest BCUT2D eigenvalue weighted by Gasteiger charge is -2.10. The molecule has 1 aromatic heterocycles. The zero-order valence-corrected chi connectivity index (χ0v) is 12.2. The van der Waals surface area contributed by atoms with Crippen LogP contribution in [0.4, 0.5) is 0 Å². The van der Waals surface area contributed by atoms with Crippen molar-refractivity contribution in [2.75, 3.05) is 32.9 Å². The van der Waals surface area contributed by atoms with Crippen molar-refractivity contribution in [1.29, 1.82) is 0 Å². The van der Waals surface area contributed by atoms with Gasteiger partial charge in [0.25, 0.3) is 5.91 Å². The van der Waals surface area contributed by atoms with Crippen molar-refractivity contribution < 1.29 is 14.3 Å². The molecule has 1 aliphatic heterocycles. The van der Waals surface area contributed by atoms with E-state index in [1.807, 2.05) is 0 Å². The smallest absolute Gasteiger partial charge is 0.273 e. The van der Waals surface area contributed by atoms with Crippen molar-refractivity contribution in [2.45, 2.75) is 31.9 Å². The maximum atomic E-state index is 11.8. The van der Waals surface area contributed by atoms with E-state index in [2.05, 4.69) is 15.6 Å². The number of nitrogens with zero attached hydrogens (tertiary/aromatic N) is 3. The topological polar surface area (TPSA) is 104 Å². The van der Waals surface area contributed by atoms with Crippen molar-refractivity contribution in [2.24, 2.45) is 5.73 Å². The minimum atomic E-state index is -0.225. The summed E-state index contributed by atoms with van der Waals surface area (Å²) in [5.41, 5.74) is 5.71. The van der Waals surface area contributed by atoms with E-state index in [0.29, 0.717) is 38.5 Å². The number of aromatic nitrogens is 3. The second-order valence-corrected chi connectivity index (χ2v) is 4.97. The fourth-order valence-corrected chi connectivity index (χ4v) is 2.10. The minimum absolute atomic E-state index is 0.225. The summed E-state index contributed by atoms with van der Waals surface area (Å²) in [4.78, 5) is 11.8. The van der Waals surface area contributed by atoms with E-state index in [0.717, 1.165) is 25.9 Å². The van der Waals surface area contributed by atoms with E-state index in [9.17, 15) is 4.79 Å². The molecule has 0 saturated carbocycles. The molecular formula is C13H23N5O3. The van der Waals surface area contributed by atoms with Crippen LogP contribution in [0.1, 0.15) is 29.8 Å². The molecule has 0 bridgehead atoms. The number of nitrogens with one attached hydrogen (secondary N) is 1. The van der Waals surface area contributed by atoms with Crippen LogP contribution in [0, 0.1) is 0 Å². The Kier molecular flexibility index (Phi) is 6.58. The standard InChI is InChI=1S/C13H23N5O3/c14-4-6-18-9-12(16-17-18)13(19)15-5-2-7-20-10-11-3-1-8-21-11/h9,11H,1-8,10,14H2,(H,15,19). The molecule has 8 nitrogen and oxygen atoms in total. The minimum Gasteiger partial charge on any atom is -0.379 e. The fourth-order valence-electron chi connectivity index (χ4n) is 2.10. The number of hydrogen-bond acceptors (Lipinski definition) is 6. The SMILES string of the molecule is NCCn1cc(C(=O)NCCCOCC2CCCO2)nn1. The molecule has 0 radical (unpaired) electrons. The molecular weight excluding hydrogens is 274 g/mol. The summed E-state index contributed by atoms with van der Waals surface area (Å²) in [6.07, 6.45) is 4.80. The molecule has 0 aliphatic carbocycles. The first-order valence-corrected chi connectivity index (χ1v) is 7.37. The largest absolute Gasteiger partial charge is 0.379 e. The summed E-state index contributed by atoms with van der Waals surface area (Å²) in [6.45, 7) is 3.66. The Hall–Kier alpha value is -1.51. The van der Waals surface area contributed by atoms with Gasteiger partial charge in [-0.05, 0) is 19.3 Å². The molecule has 8 heteroatoms. The van der Waals surface area contributed by atoms with Crippen LogP contribution in [0.5, 0.6) is 0 Å². The molecule has 1 saturated heterocycles. The van der Waals surface area contributed by atoms with Gasteiger partial charge >= 0.3 is 0 Å². The lowest BCUT2D eigenvalue weighted by molar-refractivity contribution is 0.0166. The first-order chi connectivity index (χ1) is 10.3. The highest BCUT2D eigenvalue weighted by Gasteiger charge is 2.15. The second kappa shape index (κ2) is 8.71. The third-order valence-corrected chi connectivity index (χ3v) is 3.21. The van der Waals surface area contributed by atoms with Gasteiger partial charge in [0.05, 0.1) is 25.5 Å². The van der Waals surface area contributed by atoms with Crippen LogP contribution < -0.4 is 11.1 Å². The molecule has 1 unspecified atom stereocenters. The van der Waals surface area contributed by atoms with Crippen LogP contribution in [0.15, 0.2) is 6.20 Å². The molecule has 1 atom stereocenters. The number of carbonyl (C=O) groups is 1. The fraction of sp³-hybridized carbons (Fsp3) is 0.769. The summed E-state index contributed by atoms with van der Waals surface area (Å²) >= 11 is 0. The van der Waals surface area contributed by atoms with Crippen LogP contribution in [-0.4, -0.2) is 59.9 Å². The predicted octanol–water partition coefficient (Wildman–Crippen LogP) is -0.448. The van der Waals surface area contributed by atoms with E-state index in [1.165, 1.54) is 0 Å². The molecule has 1 fully saturated rings. The first-order valence-electron chi connectivity index (χ1n) is 7.37. The van der Waals surface area contributed by atoms with E-state index < -0.39 is 0 Å². The summed E-state index contributed by atoms with van der Waals surface area (Å²) in [5, 5.41) is 10.4. The quantitative estimate of drug-likeness (QED) is 0.598. The molecule has 0 aromatic carbocycles. The van der Waals surface area contributed by atoms with E-state index in [1.54, 1.807) is 10.9 Å². The first kappa shape index (κ1) is 15.9. The maximum absolute atomic E-state index is 11.8. The highest BCUT2D eigenvalue weighted by molar-refractivity contribution is 5.91. The summed E-state index contributed by atoms with van der Waals surface area (Å²) in [6, 6.07) is 0. The summed E-state index contributed by atoms with van der Waals surface area (Å²) in [7, 11) is 0. The number of carbonyl (C=O) groups excluding carboxylic acids is 1. The van der Waals surface area contributed by atoms with Crippen LogP contribution in [0.25, 0.3) is 0 Å². The van der Waals surface area contributed by atoms with Gasteiger partial charge in [-0.1, -0.05) is 5.21 Å². The Morgan fingerprint density at radius 2 is 2.52 bits per heavy atom. The predicted molar refractivity (Wildman–Crippen MR) is 75.8 cm³/mol. The molecule has 21 heavy (non-hydrogen) atoms. The van der Waals surface area contributed by atoms with Gasteiger partial charge in [-0.25, -0.2) is 0 Å². The summed E-state index contributed by atoms with van der Waals surface area (Å²) < 4.78 is 12.5. The molecule has 118 valence electrons. The van der Waals surface area contributed by atoms with Crippen LogP contribution in [0.2, 0.25) is 0 Å². The van der Waals surface area contributed by atoms with Gasteiger partial charge < -0.3 is 20.5 Å². The zero-order chi connectivity index (χ0) is 14.9. The number of amides is 1. The second-order valence-electron chi connectivity index (χ2n) is 4.97. The Bertz CT molecular complexity index is 431. The maximum Gasteiger partial charge on any atom is 0.273 e. The third-order valence-electron chi connectivity index (χ3n) is 3.21. The number of nitrogens with two attached hydrogens (primary N) is 1. The average molecular weight is 297 g/mol. The third kappa shape index (κ3) is 5.41. The Morgan fingerprint density at radius 3 is 3.29 bits per heavy atom. The Balaban J connectivity index is 1.54. The molecule has 1 aromatic rings. The van der Waals surface area contributed by atoms with Gasteiger partial charge in [-0.15, -0.1) is 5.10 Å². The number of rotatable bonds is 9. The van der Waals surface area contributed by atoms with Gasteiger partial charge in [0.2, 0.25) is 0 Å². The summed E-state index contributed by atoms with van der Waals surface area (Å²) in [5.74, 6) is -0.225. The molecule has 1 amide bonds. The van der Waals surface area contributed by atoms with Crippen molar-refractivity contribution in [3.8, 4) is 0 Å². The number of ether oxygens (including phenoxy) is 2. The van der Waals surface area contributed by atoms with Gasteiger partial charge in [0.1, 0.15) is 0 Å². The number of hydrogen-bond donors (Lipinski definition) is 2. The molecule has 0 spiro atoms. The van der Waals surface area contributed by atoms with Gasteiger partial charge in [-0.3, -0.25) is 9.48 Å². The van der Waals surface area contributed by atoms with E-state index >= 15 is 0 Å². The zero-order valence-electron chi connectivity index (χ0n) is 12.2. The molecule has 3 N–H and O–H groups in total. The van der Waals surface area contributed by atoms with Gasteiger partial charge in [-0.2, -0.15) is 0 Å². The normalized spacial score (nSPS) is 18.0. The average Bonchev–Trinajstić information content (AvgIpc) is 3.14. The van der Waals surface area contributed by atoms with Gasteiger partial charge in [0, 0.05) is 26.3 Å². The van der Waals surface area contributed by atoms with Crippen LogP contribution in [0.3, 0.4) is 0 Å². The molecule has 2 heterocycles. The van der Waals surface area contributed by atoms with Crippen LogP contribution >= 0.6 is 0 Å². The Labute approximate surface area is 124 Å². The highest BCUT2D eigenvalue weighted by Crippen LogP contribution is 2.11. The highest BCUT2D eigenvalue weighted by atomic mass is 16.5. The van der Waals surface area contributed by atoms with Crippen molar-refractivity contribution in [3.05, 3.63) is 11.9 Å². The molecule has 2 rings (SSSR count). The van der Waals surface area contributed by atoms with Crippen molar-refractivity contribution in [3.63, 3.8) is 0 Å². The lowest BCUT2D eigenvalue weighted by Crippen LogP contribution is -2.26. The van der Waals surface area contributed by atoms with Crippen molar-refractivity contribution in [1.82, 2.24) is 20.3 Å². The van der Waals surface area contributed by atoms with E-state index in [4.69, 9.17) is 15.2 Å². The lowest BCUT2D eigenvalue weighted by atomic mass is 10.2. The molecule has 1 aliphatic rings. The van der Waals surface area contributed by atoms with E-state index in [-0.39, 0.29) is 12.0 Å². The van der Waals surface area contributed by atoms with Crippen LogP contribution in [-0.2, 0) is 16.0 Å². The Morgan fingerprint density at radius 1 is 1.62 bits per heavy atom. The van der Waals surface area contributed by atoms with Gasteiger partial charge in [0.15, 0.2) is 5.69 Å². The monoisotopic (exact) mass is 297 g/mol.